The quantitative estimate of drug-likeness (QED) is 0.399. The maximum Gasteiger partial charge on any atom is 0.354 e. The first-order chi connectivity index (χ1) is 16.9. The molecular formula is C25H19N3O6S. The average Bonchev–Trinajstić information content (AvgIpc) is 3.42. The number of nitrogens with one attached hydrogen (secondary N) is 1. The number of nitrogens with zero attached hydrogens (tertiary/aromatic N) is 2. The minimum atomic E-state index is -1.26. The van der Waals surface area contributed by atoms with Crippen LogP contribution in [0.3, 0.4) is 0 Å². The number of fused-ring (bicyclic) bond motifs is 3. The van der Waals surface area contributed by atoms with Crippen LogP contribution in [0.1, 0.15) is 21.6 Å². The van der Waals surface area contributed by atoms with Gasteiger partial charge in [0.15, 0.2) is 17.2 Å². The smallest absolute Gasteiger partial charge is 0.354 e. The number of para-hydroxylation sites is 1. The van der Waals surface area contributed by atoms with Crippen LogP contribution in [0.2, 0.25) is 0 Å². The summed E-state index contributed by atoms with van der Waals surface area (Å²) in [5.74, 6) is -0.110. The largest absolute Gasteiger partial charge is 0.486 e. The average molecular weight is 490 g/mol. The zero-order valence-corrected chi connectivity index (χ0v) is 19.3. The fourth-order valence-corrected chi connectivity index (χ4v) is 5.39. The number of ether oxygens (including phenoxy) is 2. The van der Waals surface area contributed by atoms with E-state index in [0.717, 1.165) is 15.7 Å². The van der Waals surface area contributed by atoms with Gasteiger partial charge in [0.05, 0.1) is 28.7 Å². The van der Waals surface area contributed by atoms with E-state index in [1.54, 1.807) is 33.5 Å². The van der Waals surface area contributed by atoms with E-state index in [4.69, 9.17) is 9.47 Å². The van der Waals surface area contributed by atoms with E-state index < -0.39 is 17.2 Å². The van der Waals surface area contributed by atoms with Crippen molar-refractivity contribution in [1.82, 2.24) is 14.1 Å². The van der Waals surface area contributed by atoms with Gasteiger partial charge in [0.2, 0.25) is 0 Å². The van der Waals surface area contributed by atoms with Crippen molar-refractivity contribution in [3.05, 3.63) is 84.8 Å². The molecule has 35 heavy (non-hydrogen) atoms. The summed E-state index contributed by atoms with van der Waals surface area (Å²) in [5.41, 5.74) is 1.20. The van der Waals surface area contributed by atoms with Gasteiger partial charge in [0, 0.05) is 21.7 Å². The molecular weight excluding hydrogens is 470 g/mol. The molecule has 4 heterocycles. The van der Waals surface area contributed by atoms with Crippen molar-refractivity contribution >= 4 is 39.1 Å². The number of carboxylic acid groups (broad SMARTS) is 1. The second kappa shape index (κ2) is 7.88. The summed E-state index contributed by atoms with van der Waals surface area (Å²) in [6, 6.07) is 10.9. The molecule has 0 bridgehead atoms. The highest BCUT2D eigenvalue weighted by atomic mass is 32.1. The molecule has 1 aliphatic rings. The van der Waals surface area contributed by atoms with Gasteiger partial charge in [0.25, 0.3) is 5.56 Å². The van der Waals surface area contributed by atoms with Crippen LogP contribution in [0.25, 0.3) is 27.5 Å². The molecule has 0 saturated heterocycles. The maximum atomic E-state index is 13.4. The standard InChI is InChI=1S/C25H19N3O6S/c1-13-5-6-18-15(9-13)20(28-23(29)16-11-35-12-17(16)26-25(28)32)21(24(30)31)27(18)10-14-3-2-4-19-22(14)34-8-7-33-19/h2-6,9,11-12H,7-8,10H2,1H3,(H,26,32)(H,30,31). The van der Waals surface area contributed by atoms with E-state index in [-0.39, 0.29) is 17.9 Å². The van der Waals surface area contributed by atoms with Crippen LogP contribution in [0, 0.1) is 6.92 Å². The molecule has 0 unspecified atom stereocenters. The molecule has 0 spiro atoms. The van der Waals surface area contributed by atoms with Gasteiger partial charge in [0.1, 0.15) is 13.2 Å². The number of hydrogen-bond donors (Lipinski definition) is 2. The van der Waals surface area contributed by atoms with E-state index in [1.165, 1.54) is 11.3 Å². The SMILES string of the molecule is Cc1ccc2c(c1)c(-n1c(=O)[nH]c3cscc3c1=O)c(C(=O)O)n2Cc1cccc2c1OCCO2. The number of hydrogen-bond acceptors (Lipinski definition) is 6. The Balaban J connectivity index is 1.69. The Morgan fingerprint density at radius 3 is 2.77 bits per heavy atom. The van der Waals surface area contributed by atoms with Crippen LogP contribution in [0.4, 0.5) is 0 Å². The molecule has 9 nitrogen and oxygen atoms in total. The van der Waals surface area contributed by atoms with Crippen LogP contribution in [0.5, 0.6) is 11.5 Å². The van der Waals surface area contributed by atoms with Crippen molar-refractivity contribution in [2.45, 2.75) is 13.5 Å². The van der Waals surface area contributed by atoms with Gasteiger partial charge < -0.3 is 24.1 Å². The summed E-state index contributed by atoms with van der Waals surface area (Å²) < 4.78 is 14.0. The summed E-state index contributed by atoms with van der Waals surface area (Å²) >= 11 is 1.29. The lowest BCUT2D eigenvalue weighted by molar-refractivity contribution is 0.0686. The molecule has 0 saturated carbocycles. The molecule has 0 fully saturated rings. The van der Waals surface area contributed by atoms with Crippen molar-refractivity contribution in [1.29, 1.82) is 0 Å². The van der Waals surface area contributed by atoms with Crippen LogP contribution in [0.15, 0.2) is 56.7 Å². The fourth-order valence-electron chi connectivity index (χ4n) is 4.63. The van der Waals surface area contributed by atoms with Crippen LogP contribution in [-0.4, -0.2) is 38.4 Å². The fraction of sp³-hybridized carbons (Fsp3) is 0.160. The van der Waals surface area contributed by atoms with Crippen molar-refractivity contribution in [3.8, 4) is 17.2 Å². The number of aromatic amines is 1. The number of rotatable bonds is 4. The van der Waals surface area contributed by atoms with Crippen LogP contribution in [-0.2, 0) is 6.54 Å². The Morgan fingerprint density at radius 2 is 1.94 bits per heavy atom. The Morgan fingerprint density at radius 1 is 1.11 bits per heavy atom. The minimum Gasteiger partial charge on any atom is -0.486 e. The van der Waals surface area contributed by atoms with E-state index in [2.05, 4.69) is 4.98 Å². The third-order valence-electron chi connectivity index (χ3n) is 6.13. The number of H-pyrrole nitrogens is 1. The summed E-state index contributed by atoms with van der Waals surface area (Å²) in [4.78, 5) is 41.9. The Bertz CT molecular complexity index is 1770. The molecule has 3 aromatic heterocycles. The molecule has 6 rings (SSSR count). The molecule has 0 aliphatic carbocycles. The normalized spacial score (nSPS) is 12.9. The number of aromatic carboxylic acids is 1. The lowest BCUT2D eigenvalue weighted by Crippen LogP contribution is -2.34. The van der Waals surface area contributed by atoms with Gasteiger partial charge >= 0.3 is 11.7 Å². The predicted octanol–water partition coefficient (Wildman–Crippen LogP) is 3.52. The van der Waals surface area contributed by atoms with Gasteiger partial charge in [-0.3, -0.25) is 4.79 Å². The second-order valence-corrected chi connectivity index (χ2v) is 9.06. The zero-order valence-electron chi connectivity index (χ0n) is 18.5. The maximum absolute atomic E-state index is 13.4. The van der Waals surface area contributed by atoms with Crippen molar-refractivity contribution < 1.29 is 19.4 Å². The highest BCUT2D eigenvalue weighted by Crippen LogP contribution is 2.36. The monoisotopic (exact) mass is 489 g/mol. The zero-order chi connectivity index (χ0) is 24.3. The van der Waals surface area contributed by atoms with E-state index in [0.29, 0.717) is 46.5 Å². The molecule has 2 aromatic carbocycles. The highest BCUT2D eigenvalue weighted by Gasteiger charge is 2.28. The number of carboxylic acids is 1. The molecule has 5 aromatic rings. The number of benzene rings is 2. The molecule has 176 valence electrons. The van der Waals surface area contributed by atoms with Gasteiger partial charge in [-0.2, -0.15) is 0 Å². The number of carbonyl (C=O) groups is 1. The first-order valence-corrected chi connectivity index (χ1v) is 11.8. The number of aromatic nitrogens is 3. The van der Waals surface area contributed by atoms with Crippen LogP contribution >= 0.6 is 11.3 Å². The molecule has 0 atom stereocenters. The summed E-state index contributed by atoms with van der Waals surface area (Å²) in [5, 5.41) is 14.5. The lowest BCUT2D eigenvalue weighted by Gasteiger charge is -2.21. The predicted molar refractivity (Wildman–Crippen MR) is 132 cm³/mol. The van der Waals surface area contributed by atoms with E-state index in [1.807, 2.05) is 25.1 Å². The highest BCUT2D eigenvalue weighted by molar-refractivity contribution is 7.09. The van der Waals surface area contributed by atoms with Gasteiger partial charge in [-0.1, -0.05) is 23.8 Å². The summed E-state index contributed by atoms with van der Waals surface area (Å²) in [6.45, 7) is 2.83. The summed E-state index contributed by atoms with van der Waals surface area (Å²) in [6.07, 6.45) is 0. The topological polar surface area (TPSA) is 116 Å². The molecule has 0 amide bonds. The lowest BCUT2D eigenvalue weighted by atomic mass is 10.1. The molecule has 10 heteroatoms. The van der Waals surface area contributed by atoms with E-state index in [9.17, 15) is 19.5 Å². The minimum absolute atomic E-state index is 0.0394. The summed E-state index contributed by atoms with van der Waals surface area (Å²) in [7, 11) is 0. The van der Waals surface area contributed by atoms with Crippen LogP contribution < -0.4 is 20.7 Å². The number of aryl methyl sites for hydroxylation is 1. The Kier molecular flexibility index (Phi) is 4.78. The van der Waals surface area contributed by atoms with Crippen molar-refractivity contribution in [2.24, 2.45) is 0 Å². The first kappa shape index (κ1) is 21.2. The van der Waals surface area contributed by atoms with E-state index >= 15 is 0 Å². The molecule has 2 N–H and O–H groups in total. The van der Waals surface area contributed by atoms with Gasteiger partial charge in [-0.25, -0.2) is 14.2 Å². The second-order valence-electron chi connectivity index (χ2n) is 8.32. The van der Waals surface area contributed by atoms with Gasteiger partial charge in [-0.15, -0.1) is 11.3 Å². The third kappa shape index (κ3) is 3.25. The Hall–Kier alpha value is -4.31. The third-order valence-corrected chi connectivity index (χ3v) is 6.88. The van der Waals surface area contributed by atoms with Gasteiger partial charge in [-0.05, 0) is 25.1 Å². The molecule has 1 aliphatic heterocycles. The molecule has 0 radical (unpaired) electrons. The Labute approximate surface area is 201 Å². The number of thiophene rings is 1. The first-order valence-electron chi connectivity index (χ1n) is 10.9. The van der Waals surface area contributed by atoms with Crippen molar-refractivity contribution in [2.75, 3.05) is 13.2 Å². The van der Waals surface area contributed by atoms with Crippen molar-refractivity contribution in [3.63, 3.8) is 0 Å².